The van der Waals surface area contributed by atoms with E-state index in [0.717, 1.165) is 12.8 Å². The number of ether oxygens (including phenoxy) is 3. The zero-order chi connectivity index (χ0) is 28.1. The topological polar surface area (TPSA) is 116 Å². The van der Waals surface area contributed by atoms with E-state index in [9.17, 15) is 48.7 Å². The van der Waals surface area contributed by atoms with E-state index in [0.29, 0.717) is 25.7 Å². The maximum atomic E-state index is 14.2. The molecule has 2 fully saturated rings. The molecular weight excluding hydrogens is 545 g/mol. The van der Waals surface area contributed by atoms with Crippen LogP contribution in [0, 0.1) is 5.92 Å². The first-order valence-electron chi connectivity index (χ1n) is 11.8. The molecule has 0 amide bonds. The first-order valence-corrected chi connectivity index (χ1v) is 13.3. The average molecular weight is 575 g/mol. The molecule has 1 unspecified atom stereocenters. The second-order valence-corrected chi connectivity index (χ2v) is 10.6. The Morgan fingerprint density at radius 2 is 1.35 bits per heavy atom. The Morgan fingerprint density at radius 3 is 1.84 bits per heavy atom. The lowest BCUT2D eigenvalue weighted by molar-refractivity contribution is -0.358. The molecule has 0 aromatic carbocycles. The molecule has 37 heavy (non-hydrogen) atoms. The summed E-state index contributed by atoms with van der Waals surface area (Å²) in [5.74, 6) is -14.3. The van der Waals surface area contributed by atoms with Gasteiger partial charge in [-0.25, -0.2) is 4.79 Å². The fourth-order valence-corrected chi connectivity index (χ4v) is 4.68. The van der Waals surface area contributed by atoms with E-state index in [2.05, 4.69) is 9.47 Å². The van der Waals surface area contributed by atoms with E-state index in [1.165, 1.54) is 0 Å². The Labute approximate surface area is 208 Å². The molecular formula is C21H29F7O8S. The van der Waals surface area contributed by atoms with Crippen LogP contribution < -0.4 is 0 Å². The van der Waals surface area contributed by atoms with Gasteiger partial charge in [0.1, 0.15) is 6.10 Å². The fourth-order valence-electron chi connectivity index (χ4n) is 4.20. The van der Waals surface area contributed by atoms with Crippen molar-refractivity contribution in [1.29, 1.82) is 0 Å². The van der Waals surface area contributed by atoms with Crippen LogP contribution in [0.5, 0.6) is 0 Å². The molecule has 2 rings (SSSR count). The number of esters is 2. The molecule has 2 aliphatic carbocycles. The first kappa shape index (κ1) is 31.5. The number of halogens is 7. The standard InChI is InChI=1S/C21H29F7O8S/c22-18(23,21(27,28)37(31,32)33)12-7-13-34-19(20(24,25)26,17(30)35-15-10-5-2-6-11-15)36-16(29)14-8-3-1-4-9-14/h14-15H,1-13H2,(H,31,32,33). The van der Waals surface area contributed by atoms with Crippen molar-refractivity contribution in [3.8, 4) is 0 Å². The Morgan fingerprint density at radius 1 is 0.838 bits per heavy atom. The summed E-state index contributed by atoms with van der Waals surface area (Å²) >= 11 is 0. The SMILES string of the molecule is O=C(OC(OCCCC(F)(F)C(F)(F)S(=O)(=O)O)(C(=O)OC1CCCCC1)C(F)(F)F)C1CCCCC1. The zero-order valence-electron chi connectivity index (χ0n) is 19.7. The van der Waals surface area contributed by atoms with Gasteiger partial charge in [-0.15, -0.1) is 0 Å². The molecule has 0 aromatic heterocycles. The van der Waals surface area contributed by atoms with Crippen LogP contribution in [0.1, 0.15) is 77.0 Å². The van der Waals surface area contributed by atoms with Gasteiger partial charge in [0.25, 0.3) is 0 Å². The molecule has 0 heterocycles. The van der Waals surface area contributed by atoms with Crippen LogP contribution in [-0.2, 0) is 33.9 Å². The molecule has 0 saturated heterocycles. The molecule has 2 saturated carbocycles. The molecule has 2 aliphatic rings. The van der Waals surface area contributed by atoms with Crippen molar-refractivity contribution in [2.45, 2.75) is 106 Å². The summed E-state index contributed by atoms with van der Waals surface area (Å²) < 4.78 is 140. The molecule has 1 N–H and O–H groups in total. The number of carbonyl (C=O) groups is 2. The van der Waals surface area contributed by atoms with E-state index in [4.69, 9.17) is 9.29 Å². The lowest BCUT2D eigenvalue weighted by Gasteiger charge is -2.35. The molecule has 0 radical (unpaired) electrons. The highest BCUT2D eigenvalue weighted by Crippen LogP contribution is 2.43. The van der Waals surface area contributed by atoms with E-state index >= 15 is 0 Å². The number of rotatable bonds is 11. The summed E-state index contributed by atoms with van der Waals surface area (Å²) in [5.41, 5.74) is 0. The summed E-state index contributed by atoms with van der Waals surface area (Å²) in [4.78, 5) is 25.3. The highest BCUT2D eigenvalue weighted by molar-refractivity contribution is 7.87. The highest BCUT2D eigenvalue weighted by Gasteiger charge is 2.69. The summed E-state index contributed by atoms with van der Waals surface area (Å²) in [6.45, 7) is -1.48. The fraction of sp³-hybridized carbons (Fsp3) is 0.905. The van der Waals surface area contributed by atoms with Gasteiger partial charge < -0.3 is 14.2 Å². The predicted molar refractivity (Wildman–Crippen MR) is 111 cm³/mol. The second-order valence-electron chi connectivity index (χ2n) is 9.18. The molecule has 0 aromatic rings. The normalized spacial score (nSPS) is 20.8. The van der Waals surface area contributed by atoms with Crippen molar-refractivity contribution < 1.29 is 67.5 Å². The van der Waals surface area contributed by atoms with Crippen LogP contribution in [0.4, 0.5) is 30.7 Å². The lowest BCUT2D eigenvalue weighted by Crippen LogP contribution is -2.59. The Bertz CT molecular complexity index is 897. The molecule has 0 spiro atoms. The Hall–Kier alpha value is -1.68. The van der Waals surface area contributed by atoms with Crippen molar-refractivity contribution >= 4 is 22.1 Å². The Balaban J connectivity index is 2.25. The summed E-state index contributed by atoms with van der Waals surface area (Å²) in [6.07, 6.45) is -5.63. The van der Waals surface area contributed by atoms with Crippen LogP contribution in [0.3, 0.4) is 0 Å². The molecule has 16 heteroatoms. The minimum absolute atomic E-state index is 0.182. The number of hydrogen-bond acceptors (Lipinski definition) is 7. The van der Waals surface area contributed by atoms with Crippen LogP contribution in [0.2, 0.25) is 0 Å². The minimum Gasteiger partial charge on any atom is -0.457 e. The van der Waals surface area contributed by atoms with E-state index in [-0.39, 0.29) is 25.7 Å². The predicted octanol–water partition coefficient (Wildman–Crippen LogP) is 5.16. The maximum absolute atomic E-state index is 14.2. The van der Waals surface area contributed by atoms with E-state index in [1.807, 2.05) is 0 Å². The smallest absolute Gasteiger partial charge is 0.457 e. The first-order chi connectivity index (χ1) is 16.9. The minimum atomic E-state index is -6.55. The third-order valence-corrected chi connectivity index (χ3v) is 7.29. The van der Waals surface area contributed by atoms with Gasteiger partial charge >= 0.3 is 45.2 Å². The third-order valence-electron chi connectivity index (χ3n) is 6.34. The summed E-state index contributed by atoms with van der Waals surface area (Å²) in [6, 6.07) is 0. The number of alkyl halides is 7. The van der Waals surface area contributed by atoms with Gasteiger partial charge in [0.2, 0.25) is 0 Å². The highest BCUT2D eigenvalue weighted by atomic mass is 32.2. The van der Waals surface area contributed by atoms with Gasteiger partial charge in [-0.2, -0.15) is 39.2 Å². The molecule has 216 valence electrons. The van der Waals surface area contributed by atoms with Crippen LogP contribution in [-0.4, -0.2) is 60.8 Å². The molecule has 1 atom stereocenters. The number of carbonyl (C=O) groups excluding carboxylic acids is 2. The monoisotopic (exact) mass is 574 g/mol. The van der Waals surface area contributed by atoms with Gasteiger partial charge in [0.15, 0.2) is 0 Å². The van der Waals surface area contributed by atoms with Crippen LogP contribution in [0.15, 0.2) is 0 Å². The van der Waals surface area contributed by atoms with Gasteiger partial charge in [-0.1, -0.05) is 25.7 Å². The van der Waals surface area contributed by atoms with Gasteiger partial charge in [-0.3, -0.25) is 9.35 Å². The van der Waals surface area contributed by atoms with Crippen molar-refractivity contribution in [1.82, 2.24) is 0 Å². The Kier molecular flexibility index (Phi) is 10.2. The largest absolute Gasteiger partial charge is 0.468 e. The van der Waals surface area contributed by atoms with Crippen LogP contribution in [0.25, 0.3) is 0 Å². The summed E-state index contributed by atoms with van der Waals surface area (Å²) in [7, 11) is -6.55. The quantitative estimate of drug-likeness (QED) is 0.118. The third kappa shape index (κ3) is 7.46. The lowest BCUT2D eigenvalue weighted by atomic mass is 9.89. The maximum Gasteiger partial charge on any atom is 0.468 e. The van der Waals surface area contributed by atoms with Gasteiger partial charge in [-0.05, 0) is 44.9 Å². The second kappa shape index (κ2) is 12.0. The zero-order valence-corrected chi connectivity index (χ0v) is 20.5. The van der Waals surface area contributed by atoms with Crippen molar-refractivity contribution in [3.63, 3.8) is 0 Å². The van der Waals surface area contributed by atoms with Crippen molar-refractivity contribution in [3.05, 3.63) is 0 Å². The van der Waals surface area contributed by atoms with Crippen molar-refractivity contribution in [2.75, 3.05) is 6.61 Å². The van der Waals surface area contributed by atoms with E-state index in [1.54, 1.807) is 0 Å². The molecule has 0 bridgehead atoms. The average Bonchev–Trinajstić information content (AvgIpc) is 2.80. The van der Waals surface area contributed by atoms with E-state index < -0.39 is 76.7 Å². The van der Waals surface area contributed by atoms with Crippen LogP contribution >= 0.6 is 0 Å². The van der Waals surface area contributed by atoms with Crippen molar-refractivity contribution in [2.24, 2.45) is 5.92 Å². The van der Waals surface area contributed by atoms with Gasteiger partial charge in [0.05, 0.1) is 12.5 Å². The molecule has 8 nitrogen and oxygen atoms in total. The van der Waals surface area contributed by atoms with Gasteiger partial charge in [0, 0.05) is 6.42 Å². The summed E-state index contributed by atoms with van der Waals surface area (Å²) in [5, 5.41) is -5.94. The number of hydrogen-bond donors (Lipinski definition) is 1. The molecule has 0 aliphatic heterocycles.